The molecule has 1 heterocycles. The largest absolute Gasteiger partial charge is 0.326 e. The number of hydrogen-bond acceptors (Lipinski definition) is 4. The molecule has 0 spiro atoms. The van der Waals surface area contributed by atoms with Crippen LogP contribution in [0.25, 0.3) is 0 Å². The number of amides is 2. The summed E-state index contributed by atoms with van der Waals surface area (Å²) in [7, 11) is 0. The Kier molecular flexibility index (Phi) is 4.05. The van der Waals surface area contributed by atoms with Crippen LogP contribution in [0.1, 0.15) is 23.1 Å². The minimum Gasteiger partial charge on any atom is -0.326 e. The zero-order valence-electron chi connectivity index (χ0n) is 11.2. The van der Waals surface area contributed by atoms with Crippen molar-refractivity contribution in [2.45, 2.75) is 13.8 Å². The van der Waals surface area contributed by atoms with Gasteiger partial charge in [-0.1, -0.05) is 0 Å². The first kappa shape index (κ1) is 13.7. The van der Waals surface area contributed by atoms with Crippen LogP contribution in [0.15, 0.2) is 36.7 Å². The molecule has 0 atom stereocenters. The maximum Gasteiger partial charge on any atom is 0.275 e. The monoisotopic (exact) mass is 270 g/mol. The third-order valence-electron chi connectivity index (χ3n) is 2.48. The van der Waals surface area contributed by atoms with Gasteiger partial charge >= 0.3 is 0 Å². The van der Waals surface area contributed by atoms with Crippen LogP contribution in [0, 0.1) is 6.92 Å². The quantitative estimate of drug-likeness (QED) is 0.893. The molecule has 102 valence electrons. The fourth-order valence-corrected chi connectivity index (χ4v) is 1.55. The second-order valence-corrected chi connectivity index (χ2v) is 4.26. The Labute approximate surface area is 116 Å². The standard InChI is InChI=1S/C14H14N4O2/c1-9-7-16-13(8-15-9)14(20)18-12-5-3-11(4-6-12)17-10(2)19/h3-8H,1-2H3,(H,17,19)(H,18,20). The average molecular weight is 270 g/mol. The van der Waals surface area contributed by atoms with Gasteiger partial charge in [0.25, 0.3) is 5.91 Å². The molecule has 1 aromatic heterocycles. The van der Waals surface area contributed by atoms with Crippen LogP contribution in [-0.4, -0.2) is 21.8 Å². The number of hydrogen-bond donors (Lipinski definition) is 2. The number of nitrogens with one attached hydrogen (secondary N) is 2. The van der Waals surface area contributed by atoms with Crippen molar-refractivity contribution in [2.24, 2.45) is 0 Å². The second-order valence-electron chi connectivity index (χ2n) is 4.26. The van der Waals surface area contributed by atoms with Crippen molar-refractivity contribution >= 4 is 23.2 Å². The molecule has 0 unspecified atom stereocenters. The molecule has 2 aromatic rings. The van der Waals surface area contributed by atoms with Crippen LogP contribution in [-0.2, 0) is 4.79 Å². The predicted octanol–water partition coefficient (Wildman–Crippen LogP) is 2.00. The molecule has 20 heavy (non-hydrogen) atoms. The zero-order valence-corrected chi connectivity index (χ0v) is 11.2. The highest BCUT2D eigenvalue weighted by Crippen LogP contribution is 2.14. The maximum atomic E-state index is 11.9. The number of carbonyl (C=O) groups excluding carboxylic acids is 2. The number of benzene rings is 1. The summed E-state index contributed by atoms with van der Waals surface area (Å²) in [6.07, 6.45) is 2.96. The fraction of sp³-hybridized carbons (Fsp3) is 0.143. The predicted molar refractivity (Wildman–Crippen MR) is 75.5 cm³/mol. The Morgan fingerprint density at radius 3 is 2.05 bits per heavy atom. The van der Waals surface area contributed by atoms with Gasteiger partial charge < -0.3 is 10.6 Å². The van der Waals surface area contributed by atoms with E-state index in [1.165, 1.54) is 19.3 Å². The Hall–Kier alpha value is -2.76. The molecular weight excluding hydrogens is 256 g/mol. The lowest BCUT2D eigenvalue weighted by Gasteiger charge is -2.06. The van der Waals surface area contributed by atoms with E-state index >= 15 is 0 Å². The third kappa shape index (κ3) is 3.61. The average Bonchev–Trinajstić information content (AvgIpc) is 2.41. The first-order valence-corrected chi connectivity index (χ1v) is 6.02. The molecule has 2 rings (SSSR count). The van der Waals surface area contributed by atoms with E-state index in [1.54, 1.807) is 31.2 Å². The van der Waals surface area contributed by atoms with Crippen LogP contribution >= 0.6 is 0 Å². The van der Waals surface area contributed by atoms with Crippen LogP contribution in [0.5, 0.6) is 0 Å². The molecule has 0 aliphatic rings. The Bertz CT molecular complexity index is 621. The molecule has 2 N–H and O–H groups in total. The number of aromatic nitrogens is 2. The van der Waals surface area contributed by atoms with Gasteiger partial charge in [0, 0.05) is 24.5 Å². The summed E-state index contributed by atoms with van der Waals surface area (Å²) < 4.78 is 0. The van der Waals surface area contributed by atoms with Crippen molar-refractivity contribution in [3.63, 3.8) is 0 Å². The van der Waals surface area contributed by atoms with Gasteiger partial charge in [0.05, 0.1) is 11.9 Å². The SMILES string of the molecule is CC(=O)Nc1ccc(NC(=O)c2cnc(C)cn2)cc1. The highest BCUT2D eigenvalue weighted by atomic mass is 16.2. The van der Waals surface area contributed by atoms with Gasteiger partial charge in [0.2, 0.25) is 5.91 Å². The molecule has 2 amide bonds. The molecule has 0 aliphatic heterocycles. The highest BCUT2D eigenvalue weighted by molar-refractivity contribution is 6.02. The molecule has 6 nitrogen and oxygen atoms in total. The van der Waals surface area contributed by atoms with Gasteiger partial charge in [-0.25, -0.2) is 4.98 Å². The van der Waals surface area contributed by atoms with Crippen LogP contribution in [0.2, 0.25) is 0 Å². The van der Waals surface area contributed by atoms with Crippen molar-refractivity contribution < 1.29 is 9.59 Å². The lowest BCUT2D eigenvalue weighted by molar-refractivity contribution is -0.114. The van der Waals surface area contributed by atoms with E-state index in [1.807, 2.05) is 0 Å². The molecule has 0 saturated carbocycles. The van der Waals surface area contributed by atoms with E-state index in [0.29, 0.717) is 11.4 Å². The van der Waals surface area contributed by atoms with E-state index < -0.39 is 0 Å². The summed E-state index contributed by atoms with van der Waals surface area (Å²) in [5.74, 6) is -0.471. The normalized spacial score (nSPS) is 9.90. The van der Waals surface area contributed by atoms with Gasteiger partial charge in [-0.05, 0) is 31.2 Å². The molecule has 0 fully saturated rings. The number of carbonyl (C=O) groups is 2. The first-order valence-electron chi connectivity index (χ1n) is 6.02. The van der Waals surface area contributed by atoms with Gasteiger partial charge in [0.1, 0.15) is 5.69 Å². The Morgan fingerprint density at radius 2 is 1.55 bits per heavy atom. The Morgan fingerprint density at radius 1 is 0.950 bits per heavy atom. The number of rotatable bonds is 3. The lowest BCUT2D eigenvalue weighted by atomic mass is 10.2. The summed E-state index contributed by atoms with van der Waals surface area (Å²) in [5, 5.41) is 5.35. The number of anilines is 2. The van der Waals surface area contributed by atoms with Crippen LogP contribution in [0.4, 0.5) is 11.4 Å². The topological polar surface area (TPSA) is 84.0 Å². The molecule has 0 saturated heterocycles. The molecule has 1 aromatic carbocycles. The minimum absolute atomic E-state index is 0.142. The number of nitrogens with zero attached hydrogens (tertiary/aromatic N) is 2. The van der Waals surface area contributed by atoms with Gasteiger partial charge in [-0.3, -0.25) is 14.6 Å². The van der Waals surface area contributed by atoms with Crippen molar-refractivity contribution in [3.8, 4) is 0 Å². The summed E-state index contributed by atoms with van der Waals surface area (Å²) >= 11 is 0. The van der Waals surface area contributed by atoms with E-state index in [4.69, 9.17) is 0 Å². The summed E-state index contributed by atoms with van der Waals surface area (Å²) in [6.45, 7) is 3.24. The summed E-state index contributed by atoms with van der Waals surface area (Å²) in [4.78, 5) is 30.8. The molecule has 0 bridgehead atoms. The zero-order chi connectivity index (χ0) is 14.5. The molecular formula is C14H14N4O2. The fourth-order valence-electron chi connectivity index (χ4n) is 1.55. The van der Waals surface area contributed by atoms with Crippen molar-refractivity contribution in [1.29, 1.82) is 0 Å². The number of aryl methyl sites for hydroxylation is 1. The first-order chi connectivity index (χ1) is 9.54. The highest BCUT2D eigenvalue weighted by Gasteiger charge is 2.07. The summed E-state index contributed by atoms with van der Waals surface area (Å²) in [6, 6.07) is 6.81. The van der Waals surface area contributed by atoms with Gasteiger partial charge in [-0.2, -0.15) is 0 Å². The van der Waals surface area contributed by atoms with Gasteiger partial charge in [0.15, 0.2) is 0 Å². The van der Waals surface area contributed by atoms with E-state index in [9.17, 15) is 9.59 Å². The second kappa shape index (κ2) is 5.92. The van der Waals surface area contributed by atoms with Crippen molar-refractivity contribution in [3.05, 3.63) is 48.0 Å². The van der Waals surface area contributed by atoms with Crippen LogP contribution < -0.4 is 10.6 Å². The van der Waals surface area contributed by atoms with Gasteiger partial charge in [-0.15, -0.1) is 0 Å². The summed E-state index contributed by atoms with van der Waals surface area (Å²) in [5.41, 5.74) is 2.29. The van der Waals surface area contributed by atoms with E-state index in [0.717, 1.165) is 5.69 Å². The molecule has 0 aliphatic carbocycles. The third-order valence-corrected chi connectivity index (χ3v) is 2.48. The van der Waals surface area contributed by atoms with E-state index in [2.05, 4.69) is 20.6 Å². The van der Waals surface area contributed by atoms with Crippen molar-refractivity contribution in [1.82, 2.24) is 9.97 Å². The lowest BCUT2D eigenvalue weighted by Crippen LogP contribution is -2.14. The van der Waals surface area contributed by atoms with Crippen molar-refractivity contribution in [2.75, 3.05) is 10.6 Å². The molecule has 0 radical (unpaired) electrons. The van der Waals surface area contributed by atoms with E-state index in [-0.39, 0.29) is 17.5 Å². The van der Waals surface area contributed by atoms with Crippen LogP contribution in [0.3, 0.4) is 0 Å². The smallest absolute Gasteiger partial charge is 0.275 e. The minimum atomic E-state index is -0.329. The Balaban J connectivity index is 2.04. The molecule has 6 heteroatoms. The maximum absolute atomic E-state index is 11.9.